The fourth-order valence-corrected chi connectivity index (χ4v) is 9.54. The van der Waals surface area contributed by atoms with E-state index in [-0.39, 0.29) is 5.41 Å². The van der Waals surface area contributed by atoms with Gasteiger partial charge in [0.05, 0.1) is 12.0 Å². The van der Waals surface area contributed by atoms with E-state index >= 15 is 0 Å². The van der Waals surface area contributed by atoms with Crippen LogP contribution in [0.15, 0.2) is 206 Å². The number of fused-ring (bicyclic) bond motifs is 12. The van der Waals surface area contributed by atoms with Gasteiger partial charge in [0.25, 0.3) is 0 Å². The second kappa shape index (κ2) is 12.1. The Balaban J connectivity index is 1.03. The molecule has 0 amide bonds. The lowest BCUT2D eigenvalue weighted by Gasteiger charge is -2.31. The highest BCUT2D eigenvalue weighted by Gasteiger charge is 2.52. The van der Waals surface area contributed by atoms with Crippen molar-refractivity contribution >= 4 is 22.1 Å². The van der Waals surface area contributed by atoms with Gasteiger partial charge in [-0.3, -0.25) is 0 Å². The van der Waals surface area contributed by atoms with Gasteiger partial charge in [-0.2, -0.15) is 0 Å². The zero-order valence-electron chi connectivity index (χ0n) is 29.7. The average Bonchev–Trinajstić information content (AvgIpc) is 3.72. The number of nitrogens with one attached hydrogen (secondary N) is 1. The molecule has 1 aliphatic heterocycles. The van der Waals surface area contributed by atoms with Crippen LogP contribution in [0.4, 0.5) is 11.4 Å². The summed E-state index contributed by atoms with van der Waals surface area (Å²) in [6, 6.07) is 67.4. The van der Waals surface area contributed by atoms with Gasteiger partial charge in [0.2, 0.25) is 0 Å². The summed E-state index contributed by atoms with van der Waals surface area (Å²) in [5, 5.41) is 5.98. The molecule has 0 saturated carbocycles. The number of anilines is 2. The Morgan fingerprint density at radius 3 is 1.70 bits per heavy atom. The lowest BCUT2D eigenvalue weighted by Crippen LogP contribution is -2.26. The molecule has 2 aliphatic carbocycles. The highest BCUT2D eigenvalue weighted by Crippen LogP contribution is 2.64. The minimum absolute atomic E-state index is 0.375. The van der Waals surface area contributed by atoms with E-state index in [0.29, 0.717) is 0 Å². The number of allylic oxidation sites excluding steroid dienone is 2. The Kier molecular flexibility index (Phi) is 6.87. The molecule has 2 heteroatoms. The van der Waals surface area contributed by atoms with E-state index in [1.165, 1.54) is 83.2 Å². The largest absolute Gasteiger partial charge is 0.385 e. The summed E-state index contributed by atoms with van der Waals surface area (Å²) in [5.74, 6) is 0. The van der Waals surface area contributed by atoms with Crippen LogP contribution in [-0.2, 0) is 5.41 Å². The third kappa shape index (κ3) is 4.41. The third-order valence-corrected chi connectivity index (χ3v) is 11.7. The van der Waals surface area contributed by atoms with Crippen LogP contribution in [0.2, 0.25) is 0 Å². The van der Waals surface area contributed by atoms with Crippen molar-refractivity contribution in [3.05, 3.63) is 228 Å². The van der Waals surface area contributed by atoms with Crippen molar-refractivity contribution in [3.8, 4) is 44.5 Å². The normalized spacial score (nSPS) is 14.2. The molecule has 0 aromatic heterocycles. The molecule has 1 spiro atoms. The van der Waals surface area contributed by atoms with E-state index in [1.807, 2.05) is 6.20 Å². The molecule has 0 atom stereocenters. The van der Waals surface area contributed by atoms with Crippen LogP contribution in [0.25, 0.3) is 55.3 Å². The average molecular weight is 689 g/mol. The molecule has 254 valence electrons. The molecule has 0 saturated heterocycles. The summed E-state index contributed by atoms with van der Waals surface area (Å²) in [4.78, 5) is 2.34. The van der Waals surface area contributed by atoms with Crippen LogP contribution in [0, 0.1) is 0 Å². The standard InChI is InChI=1S/C52H36N2/c1-2-14-38(15-3-1)54(40-17-12-32-53-34-40)39-16-10-13-37(33-39)35-26-28-36(29-27-35)41-21-11-22-46-42(41)30-31-47-45-20-6-9-25-50(45)52(51(46)47)48-23-7-4-18-43(48)44-19-5-8-24-49(44)52/h1-33,53H,34H2. The Morgan fingerprint density at radius 1 is 0.426 bits per heavy atom. The van der Waals surface area contributed by atoms with Crippen LogP contribution in [-0.4, -0.2) is 6.54 Å². The summed E-state index contributed by atoms with van der Waals surface area (Å²) in [6.45, 7) is 0.769. The number of hydrogen-bond acceptors (Lipinski definition) is 2. The highest BCUT2D eigenvalue weighted by molar-refractivity contribution is 6.07. The SMILES string of the molecule is C1=CNCC(N(c2ccccc2)c2cccc(-c3ccc(-c4cccc5c6c(ccc45)-c4ccccc4C64c5ccccc5-c5ccccc54)cc3)c2)=C1. The molecule has 8 aromatic rings. The molecule has 11 rings (SSSR count). The van der Waals surface area contributed by atoms with Gasteiger partial charge in [-0.25, -0.2) is 0 Å². The highest BCUT2D eigenvalue weighted by atomic mass is 15.2. The third-order valence-electron chi connectivity index (χ3n) is 11.7. The van der Waals surface area contributed by atoms with Crippen molar-refractivity contribution in [1.29, 1.82) is 0 Å². The fraction of sp³-hybridized carbons (Fsp3) is 0.0385. The van der Waals surface area contributed by atoms with Crippen LogP contribution in [0.1, 0.15) is 22.3 Å². The fourth-order valence-electron chi connectivity index (χ4n) is 9.54. The minimum Gasteiger partial charge on any atom is -0.385 e. The number of nitrogens with zero attached hydrogens (tertiary/aromatic N) is 1. The van der Waals surface area contributed by atoms with Gasteiger partial charge in [0.15, 0.2) is 0 Å². The van der Waals surface area contributed by atoms with Crippen molar-refractivity contribution in [3.63, 3.8) is 0 Å². The molecule has 0 unspecified atom stereocenters. The van der Waals surface area contributed by atoms with Crippen LogP contribution < -0.4 is 10.2 Å². The maximum Gasteiger partial charge on any atom is 0.0731 e. The molecular weight excluding hydrogens is 653 g/mol. The lowest BCUT2D eigenvalue weighted by molar-refractivity contribution is 0.801. The summed E-state index contributed by atoms with van der Waals surface area (Å²) in [6.07, 6.45) is 6.26. The molecule has 1 heterocycles. The Morgan fingerprint density at radius 2 is 1.02 bits per heavy atom. The summed E-state index contributed by atoms with van der Waals surface area (Å²) in [5.41, 5.74) is 18.8. The predicted molar refractivity (Wildman–Crippen MR) is 225 cm³/mol. The van der Waals surface area contributed by atoms with Crippen LogP contribution in [0.3, 0.4) is 0 Å². The zero-order valence-corrected chi connectivity index (χ0v) is 29.7. The van der Waals surface area contributed by atoms with Crippen molar-refractivity contribution in [2.75, 3.05) is 11.4 Å². The van der Waals surface area contributed by atoms with Gasteiger partial charge in [-0.05, 0) is 120 Å². The zero-order chi connectivity index (χ0) is 35.6. The molecule has 2 nitrogen and oxygen atoms in total. The summed E-state index contributed by atoms with van der Waals surface area (Å²) >= 11 is 0. The van der Waals surface area contributed by atoms with Gasteiger partial charge in [-0.1, -0.05) is 158 Å². The van der Waals surface area contributed by atoms with Crippen LogP contribution >= 0.6 is 0 Å². The van der Waals surface area contributed by atoms with E-state index in [4.69, 9.17) is 0 Å². The van der Waals surface area contributed by atoms with Gasteiger partial charge in [-0.15, -0.1) is 0 Å². The van der Waals surface area contributed by atoms with Gasteiger partial charge in [0, 0.05) is 17.1 Å². The van der Waals surface area contributed by atoms with E-state index < -0.39 is 0 Å². The molecule has 8 aromatic carbocycles. The lowest BCUT2D eigenvalue weighted by atomic mass is 9.69. The molecule has 1 N–H and O–H groups in total. The maximum absolute atomic E-state index is 3.39. The second-order valence-corrected chi connectivity index (χ2v) is 14.5. The van der Waals surface area contributed by atoms with E-state index in [9.17, 15) is 0 Å². The minimum atomic E-state index is -0.375. The first-order valence-corrected chi connectivity index (χ1v) is 18.8. The number of dihydropyridines is 1. The molecule has 54 heavy (non-hydrogen) atoms. The quantitative estimate of drug-likeness (QED) is 0.194. The molecular formula is C52H36N2. The smallest absolute Gasteiger partial charge is 0.0731 e. The van der Waals surface area contributed by atoms with Crippen LogP contribution in [0.5, 0.6) is 0 Å². The van der Waals surface area contributed by atoms with Crippen molar-refractivity contribution in [1.82, 2.24) is 5.32 Å². The monoisotopic (exact) mass is 688 g/mol. The summed E-state index contributed by atoms with van der Waals surface area (Å²) in [7, 11) is 0. The number of benzene rings is 8. The first-order valence-electron chi connectivity index (χ1n) is 18.8. The first kappa shape index (κ1) is 30.7. The molecule has 3 aliphatic rings. The molecule has 0 bridgehead atoms. The van der Waals surface area contributed by atoms with E-state index in [1.54, 1.807) is 0 Å². The first-order chi connectivity index (χ1) is 26.8. The number of hydrogen-bond donors (Lipinski definition) is 1. The topological polar surface area (TPSA) is 15.3 Å². The maximum atomic E-state index is 3.39. The Hall–Kier alpha value is -6.90. The van der Waals surface area contributed by atoms with E-state index in [2.05, 4.69) is 204 Å². The summed E-state index contributed by atoms with van der Waals surface area (Å²) < 4.78 is 0. The number of para-hydroxylation sites is 1. The number of rotatable bonds is 5. The van der Waals surface area contributed by atoms with Gasteiger partial charge < -0.3 is 10.2 Å². The Bertz CT molecular complexity index is 2760. The van der Waals surface area contributed by atoms with Crippen molar-refractivity contribution < 1.29 is 0 Å². The van der Waals surface area contributed by atoms with Crippen molar-refractivity contribution in [2.45, 2.75) is 5.41 Å². The molecule has 0 radical (unpaired) electrons. The Labute approximate surface area is 316 Å². The predicted octanol–water partition coefficient (Wildman–Crippen LogP) is 12.7. The van der Waals surface area contributed by atoms with Gasteiger partial charge >= 0.3 is 0 Å². The van der Waals surface area contributed by atoms with Crippen molar-refractivity contribution in [2.24, 2.45) is 0 Å². The molecule has 0 fully saturated rings. The second-order valence-electron chi connectivity index (χ2n) is 14.5. The van der Waals surface area contributed by atoms with E-state index in [0.717, 1.165) is 17.9 Å². The van der Waals surface area contributed by atoms with Gasteiger partial charge in [0.1, 0.15) is 0 Å².